The third-order valence-corrected chi connectivity index (χ3v) is 4.54. The van der Waals surface area contributed by atoms with Crippen LogP contribution in [0.15, 0.2) is 54.7 Å². The molecule has 2 heterocycles. The smallest absolute Gasteiger partial charge is 0.177 e. The maximum atomic E-state index is 5.93. The summed E-state index contributed by atoms with van der Waals surface area (Å²) in [5.74, 6) is 0.840. The number of hydrogen-bond donors (Lipinski definition) is 0. The highest BCUT2D eigenvalue weighted by atomic mass is 16.5. The van der Waals surface area contributed by atoms with E-state index in [1.165, 1.54) is 5.56 Å². The maximum Gasteiger partial charge on any atom is 0.177 e. The summed E-state index contributed by atoms with van der Waals surface area (Å²) in [7, 11) is 1.67. The first-order chi connectivity index (χ1) is 12.7. The monoisotopic (exact) mass is 350 g/mol. The van der Waals surface area contributed by atoms with E-state index >= 15 is 0 Å². The molecule has 1 fully saturated rings. The van der Waals surface area contributed by atoms with E-state index in [0.29, 0.717) is 13.2 Å². The molecule has 26 heavy (non-hydrogen) atoms. The van der Waals surface area contributed by atoms with Gasteiger partial charge in [-0.25, -0.2) is 4.68 Å². The van der Waals surface area contributed by atoms with Crippen molar-refractivity contribution in [2.45, 2.75) is 19.7 Å². The molecule has 2 aromatic carbocycles. The van der Waals surface area contributed by atoms with Crippen LogP contribution >= 0.6 is 0 Å². The van der Waals surface area contributed by atoms with Gasteiger partial charge >= 0.3 is 0 Å². The van der Waals surface area contributed by atoms with Gasteiger partial charge < -0.3 is 14.4 Å². The van der Waals surface area contributed by atoms with Crippen LogP contribution in [0.25, 0.3) is 0 Å². The fourth-order valence-corrected chi connectivity index (χ4v) is 3.18. The third kappa shape index (κ3) is 3.41. The lowest BCUT2D eigenvalue weighted by molar-refractivity contribution is 0.110. The summed E-state index contributed by atoms with van der Waals surface area (Å²) in [5.41, 5.74) is 4.32. The van der Waals surface area contributed by atoms with E-state index < -0.39 is 0 Å². The second-order valence-electron chi connectivity index (χ2n) is 6.44. The molecule has 4 rings (SSSR count). The topological polar surface area (TPSA) is 52.4 Å². The third-order valence-electron chi connectivity index (χ3n) is 4.54. The highest BCUT2D eigenvalue weighted by Gasteiger charge is 2.29. The summed E-state index contributed by atoms with van der Waals surface area (Å²) in [5, 5.41) is 8.62. The van der Waals surface area contributed by atoms with E-state index in [4.69, 9.17) is 9.47 Å². The van der Waals surface area contributed by atoms with Crippen molar-refractivity contribution in [1.82, 2.24) is 15.0 Å². The number of nitrogens with zero attached hydrogens (tertiary/aromatic N) is 4. The van der Waals surface area contributed by atoms with Crippen LogP contribution in [0.1, 0.15) is 23.0 Å². The van der Waals surface area contributed by atoms with Crippen molar-refractivity contribution in [3.8, 4) is 5.75 Å². The van der Waals surface area contributed by atoms with Crippen molar-refractivity contribution in [3.63, 3.8) is 0 Å². The van der Waals surface area contributed by atoms with Crippen LogP contribution in [0, 0.1) is 6.92 Å². The molecular weight excluding hydrogens is 328 g/mol. The Balaban J connectivity index is 1.52. The summed E-state index contributed by atoms with van der Waals surface area (Å²) in [6, 6.07) is 16.4. The van der Waals surface area contributed by atoms with E-state index in [0.717, 1.165) is 29.2 Å². The molecule has 1 unspecified atom stereocenters. The Morgan fingerprint density at radius 2 is 2.04 bits per heavy atom. The quantitative estimate of drug-likeness (QED) is 0.707. The Bertz CT molecular complexity index is 876. The molecule has 0 radical (unpaired) electrons. The molecule has 0 bridgehead atoms. The highest BCUT2D eigenvalue weighted by molar-refractivity contribution is 5.49. The molecule has 0 spiro atoms. The van der Waals surface area contributed by atoms with E-state index in [-0.39, 0.29) is 6.23 Å². The molecule has 3 aromatic rings. The molecule has 1 aliphatic heterocycles. The second kappa shape index (κ2) is 7.17. The van der Waals surface area contributed by atoms with Gasteiger partial charge in [-0.1, -0.05) is 35.0 Å². The molecule has 0 amide bonds. The standard InChI is InChI=1S/C20H22N4O2/c1-15-6-8-17(9-7-15)24-10-11-26-20(24)19-14-23(22-21-19)13-16-4-3-5-18(12-16)25-2/h3-9,12,14,20H,10-11,13H2,1-2H3. The van der Waals surface area contributed by atoms with Crippen molar-refractivity contribution >= 4 is 5.69 Å². The van der Waals surface area contributed by atoms with Crippen molar-refractivity contribution < 1.29 is 9.47 Å². The van der Waals surface area contributed by atoms with Gasteiger partial charge in [-0.05, 0) is 36.8 Å². The number of hydrogen-bond acceptors (Lipinski definition) is 5. The maximum absolute atomic E-state index is 5.93. The molecule has 1 aliphatic rings. The Hall–Kier alpha value is -2.86. The van der Waals surface area contributed by atoms with Gasteiger partial charge in [0.15, 0.2) is 6.23 Å². The largest absolute Gasteiger partial charge is 0.497 e. The van der Waals surface area contributed by atoms with Crippen LogP contribution in [-0.4, -0.2) is 35.3 Å². The number of ether oxygens (including phenoxy) is 2. The molecule has 0 N–H and O–H groups in total. The average Bonchev–Trinajstić information content (AvgIpc) is 3.32. The average molecular weight is 350 g/mol. The van der Waals surface area contributed by atoms with Crippen LogP contribution in [-0.2, 0) is 11.3 Å². The number of aromatic nitrogens is 3. The van der Waals surface area contributed by atoms with Gasteiger partial charge in [-0.3, -0.25) is 0 Å². The zero-order valence-corrected chi connectivity index (χ0v) is 15.0. The summed E-state index contributed by atoms with van der Waals surface area (Å²) in [6.07, 6.45) is 1.76. The van der Waals surface area contributed by atoms with Crippen molar-refractivity contribution in [1.29, 1.82) is 0 Å². The van der Waals surface area contributed by atoms with Crippen molar-refractivity contribution in [2.24, 2.45) is 0 Å². The van der Waals surface area contributed by atoms with Gasteiger partial charge in [-0.15, -0.1) is 5.10 Å². The second-order valence-corrected chi connectivity index (χ2v) is 6.44. The molecule has 6 nitrogen and oxygen atoms in total. The Morgan fingerprint density at radius 3 is 2.85 bits per heavy atom. The lowest BCUT2D eigenvalue weighted by Gasteiger charge is -2.23. The normalized spacial score (nSPS) is 16.8. The first-order valence-electron chi connectivity index (χ1n) is 8.71. The minimum Gasteiger partial charge on any atom is -0.497 e. The molecule has 1 aromatic heterocycles. The number of anilines is 1. The number of methoxy groups -OCH3 is 1. The number of aryl methyl sites for hydroxylation is 1. The first-order valence-corrected chi connectivity index (χ1v) is 8.71. The molecule has 0 aliphatic carbocycles. The van der Waals surface area contributed by atoms with E-state index in [9.17, 15) is 0 Å². The van der Waals surface area contributed by atoms with Gasteiger partial charge in [-0.2, -0.15) is 0 Å². The van der Waals surface area contributed by atoms with Gasteiger partial charge in [0, 0.05) is 12.2 Å². The van der Waals surface area contributed by atoms with Gasteiger partial charge in [0.25, 0.3) is 0 Å². The number of rotatable bonds is 5. The zero-order chi connectivity index (χ0) is 17.9. The van der Waals surface area contributed by atoms with Gasteiger partial charge in [0.1, 0.15) is 11.4 Å². The predicted octanol–water partition coefficient (Wildman–Crippen LogP) is 3.18. The summed E-state index contributed by atoms with van der Waals surface area (Å²) in [4.78, 5) is 2.22. The van der Waals surface area contributed by atoms with Crippen LogP contribution in [0.2, 0.25) is 0 Å². The fourth-order valence-electron chi connectivity index (χ4n) is 3.18. The Labute approximate surface area is 153 Å². The van der Waals surface area contributed by atoms with Gasteiger partial charge in [0.05, 0.1) is 26.5 Å². The molecule has 0 saturated carbocycles. The first kappa shape index (κ1) is 16.6. The zero-order valence-electron chi connectivity index (χ0n) is 15.0. The highest BCUT2D eigenvalue weighted by Crippen LogP contribution is 2.31. The van der Waals surface area contributed by atoms with Crippen LogP contribution in [0.4, 0.5) is 5.69 Å². The predicted molar refractivity (Wildman–Crippen MR) is 99.3 cm³/mol. The minimum atomic E-state index is -0.197. The lowest BCUT2D eigenvalue weighted by atomic mass is 10.2. The molecule has 1 atom stereocenters. The molecule has 1 saturated heterocycles. The van der Waals surface area contributed by atoms with Crippen LogP contribution in [0.3, 0.4) is 0 Å². The van der Waals surface area contributed by atoms with E-state index in [2.05, 4.69) is 52.5 Å². The fraction of sp³-hybridized carbons (Fsp3) is 0.300. The molecular formula is C20H22N4O2. The van der Waals surface area contributed by atoms with Crippen LogP contribution in [0.5, 0.6) is 5.75 Å². The van der Waals surface area contributed by atoms with Gasteiger partial charge in [0.2, 0.25) is 0 Å². The molecule has 134 valence electrons. The minimum absolute atomic E-state index is 0.197. The SMILES string of the molecule is COc1cccc(Cn2cc(C3OCCN3c3ccc(C)cc3)nn2)c1. The Kier molecular flexibility index (Phi) is 4.58. The number of benzene rings is 2. The lowest BCUT2D eigenvalue weighted by Crippen LogP contribution is -2.23. The summed E-state index contributed by atoms with van der Waals surface area (Å²) < 4.78 is 13.0. The van der Waals surface area contributed by atoms with Crippen molar-refractivity contribution in [2.75, 3.05) is 25.2 Å². The summed E-state index contributed by atoms with van der Waals surface area (Å²) in [6.45, 7) is 4.26. The van der Waals surface area contributed by atoms with Crippen molar-refractivity contribution in [3.05, 3.63) is 71.5 Å². The van der Waals surface area contributed by atoms with E-state index in [1.54, 1.807) is 7.11 Å². The summed E-state index contributed by atoms with van der Waals surface area (Å²) >= 11 is 0. The van der Waals surface area contributed by atoms with E-state index in [1.807, 2.05) is 29.1 Å². The molecule has 6 heteroatoms. The Morgan fingerprint density at radius 1 is 1.19 bits per heavy atom. The van der Waals surface area contributed by atoms with Crippen LogP contribution < -0.4 is 9.64 Å².